The van der Waals surface area contributed by atoms with Crippen LogP contribution < -0.4 is 10.1 Å². The zero-order valence-corrected chi connectivity index (χ0v) is 18.5. The van der Waals surface area contributed by atoms with Crippen molar-refractivity contribution in [2.45, 2.75) is 51.1 Å². The van der Waals surface area contributed by atoms with Crippen LogP contribution in [0.15, 0.2) is 59.5 Å². The number of carbonyl (C=O) groups is 1. The van der Waals surface area contributed by atoms with Gasteiger partial charge in [0.05, 0.1) is 11.5 Å². The standard InChI is InChI=1S/C25H30N2O2S/c1-3-29-21-15-13-19(14-16-21)17-23-24(28)27(22-12-8-7-9-18(22)2)25(30-23)26-20-10-5-4-6-11-20/h4-6,10-11,13-18,22,25-26H,3,7-9,12H2,1-2H3/b23-17-/t18-,22-,25?/m1/s1. The van der Waals surface area contributed by atoms with Crippen molar-refractivity contribution >= 4 is 29.4 Å². The minimum absolute atomic E-state index is 0.0839. The van der Waals surface area contributed by atoms with Crippen LogP contribution in [0.5, 0.6) is 5.75 Å². The summed E-state index contributed by atoms with van der Waals surface area (Å²) in [5, 5.41) is 3.59. The summed E-state index contributed by atoms with van der Waals surface area (Å²) in [6.45, 7) is 4.91. The molecular formula is C25H30N2O2S. The minimum atomic E-state index is -0.0839. The predicted octanol–water partition coefficient (Wildman–Crippen LogP) is 5.98. The summed E-state index contributed by atoms with van der Waals surface area (Å²) in [5.41, 5.74) is 1.98. The number of carbonyl (C=O) groups excluding carboxylic acids is 1. The summed E-state index contributed by atoms with van der Waals surface area (Å²) >= 11 is 1.62. The van der Waals surface area contributed by atoms with E-state index in [9.17, 15) is 4.79 Å². The van der Waals surface area contributed by atoms with Gasteiger partial charge in [0.15, 0.2) is 5.50 Å². The maximum Gasteiger partial charge on any atom is 0.262 e. The third-order valence-corrected chi connectivity index (χ3v) is 7.03. The van der Waals surface area contributed by atoms with Gasteiger partial charge in [0.25, 0.3) is 5.91 Å². The highest BCUT2D eigenvalue weighted by atomic mass is 32.2. The van der Waals surface area contributed by atoms with Crippen LogP contribution in [-0.4, -0.2) is 29.0 Å². The van der Waals surface area contributed by atoms with Crippen molar-refractivity contribution in [2.75, 3.05) is 11.9 Å². The Balaban J connectivity index is 1.60. The molecule has 1 aliphatic heterocycles. The SMILES string of the molecule is CCOc1ccc(/C=C2\SC(Nc3ccccc3)N([C@@H]3CCCC[C@H]3C)C2=O)cc1. The number of rotatable bonds is 6. The van der Waals surface area contributed by atoms with E-state index in [2.05, 4.69) is 29.3 Å². The van der Waals surface area contributed by atoms with Crippen molar-refractivity contribution in [1.82, 2.24) is 4.90 Å². The third kappa shape index (κ3) is 4.67. The summed E-state index contributed by atoms with van der Waals surface area (Å²) in [6.07, 6.45) is 6.74. The number of thioether (sulfide) groups is 1. The topological polar surface area (TPSA) is 41.6 Å². The number of benzene rings is 2. The maximum absolute atomic E-state index is 13.5. The van der Waals surface area contributed by atoms with Crippen LogP contribution in [0.2, 0.25) is 0 Å². The first-order valence-corrected chi connectivity index (χ1v) is 11.8. The molecule has 1 N–H and O–H groups in total. The van der Waals surface area contributed by atoms with E-state index in [1.807, 2.05) is 55.5 Å². The minimum Gasteiger partial charge on any atom is -0.494 e. The number of hydrogen-bond acceptors (Lipinski definition) is 4. The highest BCUT2D eigenvalue weighted by molar-refractivity contribution is 8.05. The Morgan fingerprint density at radius 1 is 1.10 bits per heavy atom. The fourth-order valence-corrected chi connectivity index (χ4v) is 5.56. The van der Waals surface area contributed by atoms with Crippen molar-refractivity contribution in [3.8, 4) is 5.75 Å². The lowest BCUT2D eigenvalue weighted by Crippen LogP contribution is -2.48. The largest absolute Gasteiger partial charge is 0.494 e. The summed E-state index contributed by atoms with van der Waals surface area (Å²) < 4.78 is 5.53. The number of anilines is 1. The molecule has 5 heteroatoms. The number of amides is 1. The van der Waals surface area contributed by atoms with Gasteiger partial charge in [0, 0.05) is 11.7 Å². The summed E-state index contributed by atoms with van der Waals surface area (Å²) in [5.74, 6) is 1.51. The van der Waals surface area contributed by atoms with E-state index < -0.39 is 0 Å². The third-order valence-electron chi connectivity index (χ3n) is 5.91. The number of para-hydroxylation sites is 1. The highest BCUT2D eigenvalue weighted by Gasteiger charge is 2.42. The lowest BCUT2D eigenvalue weighted by atomic mass is 9.85. The van der Waals surface area contributed by atoms with Gasteiger partial charge in [-0.15, -0.1) is 0 Å². The van der Waals surface area contributed by atoms with E-state index in [-0.39, 0.29) is 17.4 Å². The first-order chi connectivity index (χ1) is 14.7. The molecule has 4 rings (SSSR count). The molecule has 0 spiro atoms. The Morgan fingerprint density at radius 2 is 1.83 bits per heavy atom. The molecule has 158 valence electrons. The maximum atomic E-state index is 13.5. The summed E-state index contributed by atoms with van der Waals surface area (Å²) in [4.78, 5) is 16.4. The van der Waals surface area contributed by atoms with Crippen molar-refractivity contribution < 1.29 is 9.53 Å². The number of ether oxygens (including phenoxy) is 1. The van der Waals surface area contributed by atoms with Crippen LogP contribution in [0, 0.1) is 5.92 Å². The van der Waals surface area contributed by atoms with Crippen LogP contribution in [0.25, 0.3) is 6.08 Å². The highest BCUT2D eigenvalue weighted by Crippen LogP contribution is 2.42. The number of nitrogens with zero attached hydrogens (tertiary/aromatic N) is 1. The van der Waals surface area contributed by atoms with Crippen molar-refractivity contribution in [3.63, 3.8) is 0 Å². The molecule has 2 aromatic rings. The molecule has 0 radical (unpaired) electrons. The predicted molar refractivity (Wildman–Crippen MR) is 125 cm³/mol. The van der Waals surface area contributed by atoms with Gasteiger partial charge in [-0.1, -0.05) is 61.9 Å². The fourth-order valence-electron chi connectivity index (χ4n) is 4.35. The molecule has 1 unspecified atom stereocenters. The second kappa shape index (κ2) is 9.61. The Kier molecular flexibility index (Phi) is 6.68. The van der Waals surface area contributed by atoms with Crippen LogP contribution in [-0.2, 0) is 4.79 Å². The van der Waals surface area contributed by atoms with E-state index in [1.165, 1.54) is 19.3 Å². The average Bonchev–Trinajstić information content (AvgIpc) is 3.05. The Morgan fingerprint density at radius 3 is 2.53 bits per heavy atom. The smallest absolute Gasteiger partial charge is 0.262 e. The lowest BCUT2D eigenvalue weighted by molar-refractivity contribution is -0.129. The van der Waals surface area contributed by atoms with Crippen molar-refractivity contribution in [3.05, 3.63) is 65.1 Å². The number of nitrogens with one attached hydrogen (secondary N) is 1. The molecule has 2 aromatic carbocycles. The zero-order valence-electron chi connectivity index (χ0n) is 17.7. The molecule has 1 aliphatic carbocycles. The quantitative estimate of drug-likeness (QED) is 0.582. The summed E-state index contributed by atoms with van der Waals surface area (Å²) in [7, 11) is 0. The van der Waals surface area contributed by atoms with E-state index in [0.717, 1.165) is 28.3 Å². The fraction of sp³-hybridized carbons (Fsp3) is 0.400. The lowest BCUT2D eigenvalue weighted by Gasteiger charge is -2.39. The average molecular weight is 423 g/mol. The zero-order chi connectivity index (χ0) is 20.9. The normalized spacial score (nSPS) is 25.5. The molecule has 0 bridgehead atoms. The van der Waals surface area contributed by atoms with E-state index in [1.54, 1.807) is 11.8 Å². The van der Waals surface area contributed by atoms with E-state index in [0.29, 0.717) is 12.5 Å². The van der Waals surface area contributed by atoms with Gasteiger partial charge in [-0.3, -0.25) is 4.79 Å². The van der Waals surface area contributed by atoms with E-state index in [4.69, 9.17) is 4.74 Å². The molecule has 1 saturated heterocycles. The van der Waals surface area contributed by atoms with Crippen LogP contribution in [0.3, 0.4) is 0 Å². The van der Waals surface area contributed by atoms with Gasteiger partial charge < -0.3 is 15.0 Å². The van der Waals surface area contributed by atoms with Crippen molar-refractivity contribution in [2.24, 2.45) is 5.92 Å². The molecule has 2 fully saturated rings. The van der Waals surface area contributed by atoms with Crippen molar-refractivity contribution in [1.29, 1.82) is 0 Å². The molecule has 1 heterocycles. The van der Waals surface area contributed by atoms with Gasteiger partial charge in [-0.05, 0) is 61.6 Å². The molecule has 4 nitrogen and oxygen atoms in total. The second-order valence-electron chi connectivity index (χ2n) is 8.03. The summed E-state index contributed by atoms with van der Waals surface area (Å²) in [6, 6.07) is 18.4. The number of hydrogen-bond donors (Lipinski definition) is 1. The molecule has 30 heavy (non-hydrogen) atoms. The van der Waals surface area contributed by atoms with Gasteiger partial charge in [-0.2, -0.15) is 0 Å². The van der Waals surface area contributed by atoms with E-state index >= 15 is 0 Å². The molecular weight excluding hydrogens is 392 g/mol. The molecule has 1 saturated carbocycles. The Hall–Kier alpha value is -2.40. The van der Waals surface area contributed by atoms with Crippen LogP contribution in [0.1, 0.15) is 45.1 Å². The van der Waals surface area contributed by atoms with Crippen LogP contribution in [0.4, 0.5) is 5.69 Å². The van der Waals surface area contributed by atoms with Gasteiger partial charge in [-0.25, -0.2) is 0 Å². The second-order valence-corrected chi connectivity index (χ2v) is 9.15. The first kappa shape index (κ1) is 20.9. The molecule has 2 aliphatic rings. The Labute approximate surface area is 183 Å². The Bertz CT molecular complexity index is 882. The molecule has 1 amide bonds. The van der Waals surface area contributed by atoms with Gasteiger partial charge in [0.1, 0.15) is 5.75 Å². The van der Waals surface area contributed by atoms with Crippen LogP contribution >= 0.6 is 11.8 Å². The van der Waals surface area contributed by atoms with Gasteiger partial charge in [0.2, 0.25) is 0 Å². The first-order valence-electron chi connectivity index (χ1n) is 10.9. The monoisotopic (exact) mass is 422 g/mol. The van der Waals surface area contributed by atoms with Gasteiger partial charge >= 0.3 is 0 Å². The molecule has 0 aromatic heterocycles. The molecule has 3 atom stereocenters.